The van der Waals surface area contributed by atoms with E-state index in [4.69, 9.17) is 5.11 Å². The van der Waals surface area contributed by atoms with Gasteiger partial charge in [-0.2, -0.15) is 0 Å². The molecule has 0 amide bonds. The molecular formula is C11H21NO2. The molecule has 0 radical (unpaired) electrons. The molecule has 1 N–H and O–H groups in total. The maximum Gasteiger partial charge on any atom is 0.308 e. The molecule has 3 atom stereocenters. The fourth-order valence-electron chi connectivity index (χ4n) is 2.27. The van der Waals surface area contributed by atoms with E-state index in [0.29, 0.717) is 6.04 Å². The van der Waals surface area contributed by atoms with E-state index >= 15 is 0 Å². The summed E-state index contributed by atoms with van der Waals surface area (Å²) in [5.41, 5.74) is 0. The van der Waals surface area contributed by atoms with Gasteiger partial charge in [-0.1, -0.05) is 13.8 Å². The molecule has 14 heavy (non-hydrogen) atoms. The van der Waals surface area contributed by atoms with Gasteiger partial charge in [0.25, 0.3) is 0 Å². The monoisotopic (exact) mass is 199 g/mol. The first-order chi connectivity index (χ1) is 6.61. The Labute approximate surface area is 86.1 Å². The zero-order chi connectivity index (χ0) is 10.7. The van der Waals surface area contributed by atoms with Gasteiger partial charge in [-0.3, -0.25) is 9.69 Å². The first-order valence-electron chi connectivity index (χ1n) is 5.60. The number of carbonyl (C=O) groups is 1. The molecule has 0 spiro atoms. The molecule has 1 rings (SSSR count). The molecule has 1 aliphatic carbocycles. The quantitative estimate of drug-likeness (QED) is 0.736. The molecule has 1 fully saturated rings. The Balaban J connectivity index is 2.57. The molecule has 0 aliphatic heterocycles. The van der Waals surface area contributed by atoms with Crippen LogP contribution in [0.4, 0.5) is 0 Å². The molecule has 0 saturated heterocycles. The summed E-state index contributed by atoms with van der Waals surface area (Å²) < 4.78 is 0. The van der Waals surface area contributed by atoms with E-state index in [9.17, 15) is 4.79 Å². The third kappa shape index (κ3) is 2.08. The summed E-state index contributed by atoms with van der Waals surface area (Å²) in [5, 5.41) is 8.98. The maximum atomic E-state index is 10.9. The van der Waals surface area contributed by atoms with Crippen LogP contribution in [0.15, 0.2) is 0 Å². The van der Waals surface area contributed by atoms with Gasteiger partial charge < -0.3 is 5.11 Å². The van der Waals surface area contributed by atoms with Gasteiger partial charge in [0, 0.05) is 12.1 Å². The minimum Gasteiger partial charge on any atom is -0.481 e. The van der Waals surface area contributed by atoms with Crippen molar-refractivity contribution in [3.63, 3.8) is 0 Å². The Hall–Kier alpha value is -0.570. The molecule has 1 aliphatic rings. The number of aliphatic carboxylic acids is 1. The van der Waals surface area contributed by atoms with Crippen molar-refractivity contribution in [2.45, 2.75) is 52.1 Å². The van der Waals surface area contributed by atoms with Gasteiger partial charge in [-0.05, 0) is 32.7 Å². The number of carboxylic acids is 1. The highest BCUT2D eigenvalue weighted by atomic mass is 16.4. The highest BCUT2D eigenvalue weighted by Crippen LogP contribution is 2.33. The van der Waals surface area contributed by atoms with E-state index < -0.39 is 5.97 Å². The second-order valence-corrected chi connectivity index (χ2v) is 4.18. The van der Waals surface area contributed by atoms with Crippen molar-refractivity contribution < 1.29 is 9.90 Å². The van der Waals surface area contributed by atoms with Crippen LogP contribution >= 0.6 is 0 Å². The Bertz CT molecular complexity index is 205. The van der Waals surface area contributed by atoms with Gasteiger partial charge in [0.05, 0.1) is 5.92 Å². The standard InChI is InChI=1S/C11H21NO2/c1-4-8(3)12(5-2)10-7-6-9(10)11(13)14/h8-10H,4-7H2,1-3H3,(H,13,14). The Kier molecular flexibility index (Phi) is 3.93. The summed E-state index contributed by atoms with van der Waals surface area (Å²) in [7, 11) is 0. The largest absolute Gasteiger partial charge is 0.481 e. The van der Waals surface area contributed by atoms with Crippen molar-refractivity contribution in [1.29, 1.82) is 0 Å². The van der Waals surface area contributed by atoms with Crippen LogP contribution in [-0.2, 0) is 4.79 Å². The third-order valence-electron chi connectivity index (χ3n) is 3.50. The Morgan fingerprint density at radius 1 is 1.50 bits per heavy atom. The SMILES string of the molecule is CCC(C)N(CC)C1CCC1C(=O)O. The summed E-state index contributed by atoms with van der Waals surface area (Å²) in [4.78, 5) is 13.2. The Morgan fingerprint density at radius 2 is 2.14 bits per heavy atom. The van der Waals surface area contributed by atoms with Gasteiger partial charge in [0.15, 0.2) is 0 Å². The molecule has 0 aromatic rings. The highest BCUT2D eigenvalue weighted by Gasteiger charge is 2.40. The zero-order valence-corrected chi connectivity index (χ0v) is 9.36. The van der Waals surface area contributed by atoms with Crippen LogP contribution in [0.3, 0.4) is 0 Å². The summed E-state index contributed by atoms with van der Waals surface area (Å²) in [5.74, 6) is -0.744. The lowest BCUT2D eigenvalue weighted by atomic mass is 9.78. The Morgan fingerprint density at radius 3 is 2.43 bits per heavy atom. The van der Waals surface area contributed by atoms with Crippen LogP contribution in [0.5, 0.6) is 0 Å². The van der Waals surface area contributed by atoms with Crippen molar-refractivity contribution in [3.8, 4) is 0 Å². The normalized spacial score (nSPS) is 28.6. The van der Waals surface area contributed by atoms with Crippen molar-refractivity contribution >= 4 is 5.97 Å². The molecule has 82 valence electrons. The van der Waals surface area contributed by atoms with E-state index in [1.54, 1.807) is 0 Å². The topological polar surface area (TPSA) is 40.5 Å². The predicted octanol–water partition coefficient (Wildman–Crippen LogP) is 1.97. The molecule has 0 aromatic carbocycles. The second-order valence-electron chi connectivity index (χ2n) is 4.18. The van der Waals surface area contributed by atoms with Crippen LogP contribution in [0.1, 0.15) is 40.0 Å². The molecule has 0 aromatic heterocycles. The lowest BCUT2D eigenvalue weighted by Crippen LogP contribution is -2.53. The van der Waals surface area contributed by atoms with Gasteiger partial charge in [0.1, 0.15) is 0 Å². The molecule has 1 saturated carbocycles. The summed E-state index contributed by atoms with van der Waals surface area (Å²) in [6.45, 7) is 7.41. The number of nitrogens with zero attached hydrogens (tertiary/aromatic N) is 1. The average molecular weight is 199 g/mol. The first-order valence-corrected chi connectivity index (χ1v) is 5.60. The van der Waals surface area contributed by atoms with Crippen LogP contribution in [0.2, 0.25) is 0 Å². The van der Waals surface area contributed by atoms with E-state index in [0.717, 1.165) is 25.8 Å². The third-order valence-corrected chi connectivity index (χ3v) is 3.50. The van der Waals surface area contributed by atoms with E-state index in [1.165, 1.54) is 0 Å². The summed E-state index contributed by atoms with van der Waals surface area (Å²) in [6.07, 6.45) is 3.00. The van der Waals surface area contributed by atoms with Crippen LogP contribution in [0, 0.1) is 5.92 Å². The van der Waals surface area contributed by atoms with Crippen molar-refractivity contribution in [3.05, 3.63) is 0 Å². The molecule has 3 nitrogen and oxygen atoms in total. The van der Waals surface area contributed by atoms with E-state index in [1.807, 2.05) is 0 Å². The molecular weight excluding hydrogens is 178 g/mol. The first kappa shape index (κ1) is 11.5. The zero-order valence-electron chi connectivity index (χ0n) is 9.36. The van der Waals surface area contributed by atoms with Gasteiger partial charge in [-0.25, -0.2) is 0 Å². The lowest BCUT2D eigenvalue weighted by molar-refractivity contribution is -0.149. The number of hydrogen-bond acceptors (Lipinski definition) is 2. The van der Waals surface area contributed by atoms with E-state index in [2.05, 4.69) is 25.7 Å². The van der Waals surface area contributed by atoms with Gasteiger partial charge in [0.2, 0.25) is 0 Å². The number of carboxylic acid groups (broad SMARTS) is 1. The fraction of sp³-hybridized carbons (Fsp3) is 0.909. The smallest absolute Gasteiger partial charge is 0.308 e. The van der Waals surface area contributed by atoms with Gasteiger partial charge in [-0.15, -0.1) is 0 Å². The lowest BCUT2D eigenvalue weighted by Gasteiger charge is -2.44. The van der Waals surface area contributed by atoms with Crippen LogP contribution in [0.25, 0.3) is 0 Å². The number of rotatable bonds is 5. The molecule has 0 bridgehead atoms. The number of hydrogen-bond donors (Lipinski definition) is 1. The predicted molar refractivity (Wildman–Crippen MR) is 56.3 cm³/mol. The van der Waals surface area contributed by atoms with Crippen LogP contribution in [-0.4, -0.2) is 34.6 Å². The van der Waals surface area contributed by atoms with Crippen molar-refractivity contribution in [2.24, 2.45) is 5.92 Å². The summed E-state index contributed by atoms with van der Waals surface area (Å²) in [6, 6.07) is 0.791. The molecule has 0 heterocycles. The second kappa shape index (κ2) is 4.78. The molecule has 3 unspecified atom stereocenters. The summed E-state index contributed by atoms with van der Waals surface area (Å²) >= 11 is 0. The van der Waals surface area contributed by atoms with Crippen molar-refractivity contribution in [2.75, 3.05) is 6.54 Å². The van der Waals surface area contributed by atoms with Crippen molar-refractivity contribution in [1.82, 2.24) is 4.90 Å². The minimum absolute atomic E-state index is 0.121. The minimum atomic E-state index is -0.622. The van der Waals surface area contributed by atoms with Gasteiger partial charge >= 0.3 is 5.97 Å². The van der Waals surface area contributed by atoms with E-state index in [-0.39, 0.29) is 12.0 Å². The average Bonchev–Trinajstić information content (AvgIpc) is 2.09. The maximum absolute atomic E-state index is 10.9. The van der Waals surface area contributed by atoms with Crippen LogP contribution < -0.4 is 0 Å². The highest BCUT2D eigenvalue weighted by molar-refractivity contribution is 5.72. The molecule has 3 heteroatoms. The fourth-order valence-corrected chi connectivity index (χ4v) is 2.27.